The van der Waals surface area contributed by atoms with Gasteiger partial charge in [0.2, 0.25) is 0 Å². The third-order valence-electron chi connectivity index (χ3n) is 1.60. The molecule has 15 heavy (non-hydrogen) atoms. The van der Waals surface area contributed by atoms with Crippen molar-refractivity contribution in [1.82, 2.24) is 0 Å². The number of aryl methyl sites for hydroxylation is 1. The summed E-state index contributed by atoms with van der Waals surface area (Å²) in [6, 6.07) is 7.24. The lowest BCUT2D eigenvalue weighted by Gasteiger charge is -2.04. The van der Waals surface area contributed by atoms with Crippen molar-refractivity contribution >= 4 is 26.5 Å². The van der Waals surface area contributed by atoms with E-state index < -0.39 is 20.8 Å². The quantitative estimate of drug-likeness (QED) is 0.865. The van der Waals surface area contributed by atoms with E-state index in [0.29, 0.717) is 5.69 Å². The molecular weight excluding hydrogens is 234 g/mol. The Morgan fingerprint density at radius 3 is 2.27 bits per heavy atom. The number of rotatable bonds is 4. The Bertz CT molecular complexity index is 451. The molecule has 0 saturated heterocycles. The molecule has 0 heterocycles. The monoisotopic (exact) mass is 247 g/mol. The molecule has 1 N–H and O–H groups in total. The SMILES string of the molecule is Cc1ccc(NS(=O)CS(C)(=O)=O)cc1. The van der Waals surface area contributed by atoms with Gasteiger partial charge >= 0.3 is 0 Å². The molecular formula is C9H13NO3S2. The number of hydrogen-bond acceptors (Lipinski definition) is 3. The summed E-state index contributed by atoms with van der Waals surface area (Å²) in [7, 11) is -4.80. The first-order valence-corrected chi connectivity index (χ1v) is 7.64. The zero-order valence-corrected chi connectivity index (χ0v) is 10.2. The van der Waals surface area contributed by atoms with Crippen LogP contribution in [0.25, 0.3) is 0 Å². The second-order valence-electron chi connectivity index (χ2n) is 3.36. The second-order valence-corrected chi connectivity index (χ2v) is 7.05. The van der Waals surface area contributed by atoms with Gasteiger partial charge in [-0.05, 0) is 19.1 Å². The first-order chi connectivity index (χ1) is 6.87. The van der Waals surface area contributed by atoms with E-state index in [1.165, 1.54) is 0 Å². The topological polar surface area (TPSA) is 63.2 Å². The van der Waals surface area contributed by atoms with Crippen molar-refractivity contribution in [2.75, 3.05) is 16.1 Å². The molecule has 0 saturated carbocycles. The largest absolute Gasteiger partial charge is 0.304 e. The van der Waals surface area contributed by atoms with Gasteiger partial charge in [0, 0.05) is 11.9 Å². The van der Waals surface area contributed by atoms with Gasteiger partial charge in [-0.15, -0.1) is 0 Å². The molecule has 1 aromatic carbocycles. The first kappa shape index (κ1) is 12.2. The van der Waals surface area contributed by atoms with Crippen LogP contribution in [0.4, 0.5) is 5.69 Å². The molecule has 1 atom stereocenters. The van der Waals surface area contributed by atoms with Crippen LogP contribution in [0.1, 0.15) is 5.56 Å². The van der Waals surface area contributed by atoms with E-state index in [-0.39, 0.29) is 5.08 Å². The fourth-order valence-electron chi connectivity index (χ4n) is 0.977. The van der Waals surface area contributed by atoms with Crippen molar-refractivity contribution < 1.29 is 12.6 Å². The summed E-state index contributed by atoms with van der Waals surface area (Å²) in [5.41, 5.74) is 1.75. The van der Waals surface area contributed by atoms with Crippen LogP contribution >= 0.6 is 0 Å². The van der Waals surface area contributed by atoms with Gasteiger partial charge in [0.25, 0.3) is 0 Å². The molecule has 0 spiro atoms. The highest BCUT2D eigenvalue weighted by molar-refractivity contribution is 8.05. The van der Waals surface area contributed by atoms with Crippen molar-refractivity contribution in [3.63, 3.8) is 0 Å². The molecule has 0 fully saturated rings. The van der Waals surface area contributed by atoms with E-state index in [2.05, 4.69) is 4.72 Å². The standard InChI is InChI=1S/C9H13NO3S2/c1-8-3-5-9(6-4-8)10-14(11)7-15(2,12)13/h3-6,10H,7H2,1-2H3. The van der Waals surface area contributed by atoms with Crippen molar-refractivity contribution in [1.29, 1.82) is 0 Å². The number of hydrogen-bond donors (Lipinski definition) is 1. The highest BCUT2D eigenvalue weighted by atomic mass is 32.3. The molecule has 1 unspecified atom stereocenters. The molecule has 4 nitrogen and oxygen atoms in total. The van der Waals surface area contributed by atoms with Crippen LogP contribution in [-0.4, -0.2) is 24.0 Å². The summed E-state index contributed by atoms with van der Waals surface area (Å²) in [6.07, 6.45) is 1.06. The average molecular weight is 247 g/mol. The summed E-state index contributed by atoms with van der Waals surface area (Å²) >= 11 is 0. The predicted octanol–water partition coefficient (Wildman–Crippen LogP) is 1.07. The van der Waals surface area contributed by atoms with E-state index in [1.54, 1.807) is 12.1 Å². The number of anilines is 1. The summed E-state index contributed by atoms with van der Waals surface area (Å²) < 4.78 is 35.7. The van der Waals surface area contributed by atoms with Crippen molar-refractivity contribution in [3.8, 4) is 0 Å². The maximum Gasteiger partial charge on any atom is 0.161 e. The summed E-state index contributed by atoms with van der Waals surface area (Å²) in [4.78, 5) is 0. The molecule has 84 valence electrons. The third kappa shape index (κ3) is 4.94. The minimum absolute atomic E-state index is 0.374. The molecule has 6 heteroatoms. The molecule has 1 aromatic rings. The van der Waals surface area contributed by atoms with E-state index in [0.717, 1.165) is 11.8 Å². The maximum atomic E-state index is 11.3. The zero-order chi connectivity index (χ0) is 11.5. The van der Waals surface area contributed by atoms with Gasteiger partial charge < -0.3 is 4.72 Å². The van der Waals surface area contributed by atoms with Crippen LogP contribution in [-0.2, 0) is 20.8 Å². The van der Waals surface area contributed by atoms with Crippen molar-refractivity contribution in [2.24, 2.45) is 0 Å². The van der Waals surface area contributed by atoms with E-state index in [4.69, 9.17) is 0 Å². The van der Waals surface area contributed by atoms with Gasteiger partial charge in [-0.2, -0.15) is 0 Å². The lowest BCUT2D eigenvalue weighted by molar-refractivity contribution is 0.605. The van der Waals surface area contributed by atoms with Crippen LogP contribution in [0.15, 0.2) is 24.3 Å². The molecule has 0 aliphatic heterocycles. The number of nitrogens with one attached hydrogen (secondary N) is 1. The second kappa shape index (κ2) is 4.76. The predicted molar refractivity (Wildman–Crippen MR) is 62.7 cm³/mol. The van der Waals surface area contributed by atoms with Gasteiger partial charge in [0.1, 0.15) is 16.1 Å². The van der Waals surface area contributed by atoms with Crippen LogP contribution in [0, 0.1) is 6.92 Å². The first-order valence-electron chi connectivity index (χ1n) is 4.26. The Morgan fingerprint density at radius 2 is 1.80 bits per heavy atom. The Hall–Kier alpha value is -0.880. The zero-order valence-electron chi connectivity index (χ0n) is 8.56. The Balaban J connectivity index is 2.63. The number of sulfone groups is 1. The van der Waals surface area contributed by atoms with Gasteiger partial charge in [-0.25, -0.2) is 12.6 Å². The summed E-state index contributed by atoms with van der Waals surface area (Å²) in [5.74, 6) is 0. The number of benzene rings is 1. The minimum atomic E-state index is -3.21. The average Bonchev–Trinajstić information content (AvgIpc) is 2.05. The molecule has 0 bridgehead atoms. The van der Waals surface area contributed by atoms with E-state index in [9.17, 15) is 12.6 Å². The smallest absolute Gasteiger partial charge is 0.161 e. The summed E-state index contributed by atoms with van der Waals surface area (Å²) in [5, 5.41) is -0.374. The maximum absolute atomic E-state index is 11.3. The van der Waals surface area contributed by atoms with E-state index in [1.807, 2.05) is 19.1 Å². The normalized spacial score (nSPS) is 13.5. The minimum Gasteiger partial charge on any atom is -0.304 e. The van der Waals surface area contributed by atoms with E-state index >= 15 is 0 Å². The fraction of sp³-hybridized carbons (Fsp3) is 0.333. The molecule has 0 aliphatic rings. The fourth-order valence-corrected chi connectivity index (χ4v) is 3.17. The Morgan fingerprint density at radius 1 is 1.27 bits per heavy atom. The van der Waals surface area contributed by atoms with Gasteiger partial charge in [-0.3, -0.25) is 0 Å². The molecule has 1 rings (SSSR count). The Kier molecular flexibility index (Phi) is 3.87. The van der Waals surface area contributed by atoms with Gasteiger partial charge in [-0.1, -0.05) is 17.7 Å². The highest BCUT2D eigenvalue weighted by Crippen LogP contribution is 2.09. The highest BCUT2D eigenvalue weighted by Gasteiger charge is 2.08. The lowest BCUT2D eigenvalue weighted by Crippen LogP contribution is -2.15. The van der Waals surface area contributed by atoms with Crippen molar-refractivity contribution in [2.45, 2.75) is 6.92 Å². The van der Waals surface area contributed by atoms with Crippen LogP contribution in [0.5, 0.6) is 0 Å². The molecule has 0 aliphatic carbocycles. The Labute approximate surface area is 92.2 Å². The van der Waals surface area contributed by atoms with Gasteiger partial charge in [0.15, 0.2) is 9.84 Å². The molecule has 0 amide bonds. The third-order valence-corrected chi connectivity index (χ3v) is 4.64. The lowest BCUT2D eigenvalue weighted by atomic mass is 10.2. The molecule has 0 radical (unpaired) electrons. The van der Waals surface area contributed by atoms with Crippen LogP contribution < -0.4 is 4.72 Å². The van der Waals surface area contributed by atoms with Crippen molar-refractivity contribution in [3.05, 3.63) is 29.8 Å². The van der Waals surface area contributed by atoms with Crippen LogP contribution in [0.3, 0.4) is 0 Å². The van der Waals surface area contributed by atoms with Crippen LogP contribution in [0.2, 0.25) is 0 Å². The van der Waals surface area contributed by atoms with Gasteiger partial charge in [0.05, 0.1) is 0 Å². The summed E-state index contributed by atoms with van der Waals surface area (Å²) in [6.45, 7) is 1.94. The molecule has 0 aromatic heterocycles.